The number of nitrogens with zero attached hydrogens (tertiary/aromatic N) is 2. The molecule has 92 valence electrons. The van der Waals surface area contributed by atoms with Crippen LogP contribution in [-0.4, -0.2) is 10.1 Å². The van der Waals surface area contributed by atoms with E-state index < -0.39 is 6.10 Å². The number of benzene rings is 1. The van der Waals surface area contributed by atoms with Crippen molar-refractivity contribution in [3.05, 3.63) is 42.1 Å². The van der Waals surface area contributed by atoms with E-state index in [4.69, 9.17) is 5.26 Å². The molecular weight excluding hydrogens is 224 g/mol. The Bertz CT molecular complexity index is 574. The molecule has 0 spiro atoms. The molecule has 18 heavy (non-hydrogen) atoms. The highest BCUT2D eigenvalue weighted by atomic mass is 16.3. The number of aliphatic hydroxyl groups excluding tert-OH is 1. The van der Waals surface area contributed by atoms with E-state index in [2.05, 4.69) is 11.1 Å². The SMILES string of the molecule is CCCC(C#N)C(O)c1ccc2ncccc2c1. The van der Waals surface area contributed by atoms with Gasteiger partial charge in [0, 0.05) is 11.6 Å². The van der Waals surface area contributed by atoms with E-state index in [1.165, 1.54) is 0 Å². The summed E-state index contributed by atoms with van der Waals surface area (Å²) in [6.07, 6.45) is 2.63. The third-order valence-corrected chi connectivity index (χ3v) is 3.12. The molecule has 1 aromatic heterocycles. The number of hydrogen-bond donors (Lipinski definition) is 1. The summed E-state index contributed by atoms with van der Waals surface area (Å²) in [5, 5.41) is 20.3. The van der Waals surface area contributed by atoms with Gasteiger partial charge in [0.15, 0.2) is 0 Å². The van der Waals surface area contributed by atoms with Crippen LogP contribution in [0.15, 0.2) is 36.5 Å². The minimum Gasteiger partial charge on any atom is -0.387 e. The lowest BCUT2D eigenvalue weighted by molar-refractivity contribution is 0.130. The minimum atomic E-state index is -0.723. The van der Waals surface area contributed by atoms with Gasteiger partial charge in [0.2, 0.25) is 0 Å². The highest BCUT2D eigenvalue weighted by Gasteiger charge is 2.19. The van der Waals surface area contributed by atoms with Gasteiger partial charge in [0.05, 0.1) is 23.6 Å². The monoisotopic (exact) mass is 240 g/mol. The molecule has 3 nitrogen and oxygen atoms in total. The number of hydrogen-bond acceptors (Lipinski definition) is 3. The number of rotatable bonds is 4. The largest absolute Gasteiger partial charge is 0.387 e. The van der Waals surface area contributed by atoms with Crippen molar-refractivity contribution >= 4 is 10.9 Å². The Morgan fingerprint density at radius 1 is 1.39 bits per heavy atom. The van der Waals surface area contributed by atoms with Crippen LogP contribution in [0.3, 0.4) is 0 Å². The van der Waals surface area contributed by atoms with Crippen molar-refractivity contribution in [3.8, 4) is 6.07 Å². The summed E-state index contributed by atoms with van der Waals surface area (Å²) in [6.45, 7) is 2.02. The van der Waals surface area contributed by atoms with Crippen molar-refractivity contribution in [1.29, 1.82) is 5.26 Å². The van der Waals surface area contributed by atoms with E-state index in [1.54, 1.807) is 6.20 Å². The molecule has 2 aromatic rings. The number of aliphatic hydroxyl groups is 1. The molecule has 1 aromatic carbocycles. The molecule has 0 fully saturated rings. The van der Waals surface area contributed by atoms with Crippen molar-refractivity contribution in [2.24, 2.45) is 5.92 Å². The Kier molecular flexibility index (Phi) is 3.91. The van der Waals surface area contributed by atoms with Crippen LogP contribution < -0.4 is 0 Å². The highest BCUT2D eigenvalue weighted by Crippen LogP contribution is 2.27. The van der Waals surface area contributed by atoms with Gasteiger partial charge in [-0.3, -0.25) is 4.98 Å². The zero-order valence-electron chi connectivity index (χ0n) is 10.4. The molecule has 0 aliphatic carbocycles. The Morgan fingerprint density at radius 3 is 2.94 bits per heavy atom. The molecule has 3 heteroatoms. The predicted molar refractivity (Wildman–Crippen MR) is 70.7 cm³/mol. The van der Waals surface area contributed by atoms with E-state index in [0.717, 1.165) is 22.9 Å². The lowest BCUT2D eigenvalue weighted by Gasteiger charge is -2.16. The fourth-order valence-corrected chi connectivity index (χ4v) is 2.11. The van der Waals surface area contributed by atoms with Gasteiger partial charge in [-0.15, -0.1) is 0 Å². The summed E-state index contributed by atoms with van der Waals surface area (Å²) in [5.74, 6) is -0.343. The lowest BCUT2D eigenvalue weighted by atomic mass is 9.92. The first kappa shape index (κ1) is 12.5. The van der Waals surface area contributed by atoms with Gasteiger partial charge < -0.3 is 5.11 Å². The fourth-order valence-electron chi connectivity index (χ4n) is 2.11. The standard InChI is InChI=1S/C15H16N2O/c1-2-4-13(10-16)15(18)12-6-7-14-11(9-12)5-3-8-17-14/h3,5-9,13,15,18H,2,4H2,1H3. The van der Waals surface area contributed by atoms with Crippen LogP contribution in [0.4, 0.5) is 0 Å². The molecule has 2 rings (SSSR count). The Morgan fingerprint density at radius 2 is 2.22 bits per heavy atom. The van der Waals surface area contributed by atoms with Gasteiger partial charge in [-0.05, 0) is 30.2 Å². The van der Waals surface area contributed by atoms with Crippen molar-refractivity contribution in [2.45, 2.75) is 25.9 Å². The van der Waals surface area contributed by atoms with Crippen LogP contribution in [0, 0.1) is 17.2 Å². The van der Waals surface area contributed by atoms with Gasteiger partial charge in [0.25, 0.3) is 0 Å². The van der Waals surface area contributed by atoms with Crippen LogP contribution >= 0.6 is 0 Å². The second kappa shape index (κ2) is 5.61. The zero-order valence-corrected chi connectivity index (χ0v) is 10.4. The summed E-state index contributed by atoms with van der Waals surface area (Å²) in [6, 6.07) is 11.6. The molecule has 0 bridgehead atoms. The summed E-state index contributed by atoms with van der Waals surface area (Å²) in [7, 11) is 0. The van der Waals surface area contributed by atoms with Crippen LogP contribution in [0.2, 0.25) is 0 Å². The summed E-state index contributed by atoms with van der Waals surface area (Å²) < 4.78 is 0. The Balaban J connectivity index is 2.33. The second-order valence-corrected chi connectivity index (χ2v) is 4.42. The first-order valence-electron chi connectivity index (χ1n) is 6.18. The van der Waals surface area contributed by atoms with E-state index in [0.29, 0.717) is 6.42 Å². The molecular formula is C15H16N2O. The van der Waals surface area contributed by atoms with Crippen molar-refractivity contribution in [3.63, 3.8) is 0 Å². The van der Waals surface area contributed by atoms with E-state index in [-0.39, 0.29) is 5.92 Å². The Labute approximate surface area is 107 Å². The average Bonchev–Trinajstić information content (AvgIpc) is 2.43. The van der Waals surface area contributed by atoms with Gasteiger partial charge in [-0.1, -0.05) is 25.5 Å². The maximum Gasteiger partial charge on any atom is 0.0948 e. The molecule has 2 atom stereocenters. The van der Waals surface area contributed by atoms with Crippen molar-refractivity contribution < 1.29 is 5.11 Å². The minimum absolute atomic E-state index is 0.343. The molecule has 2 unspecified atom stereocenters. The second-order valence-electron chi connectivity index (χ2n) is 4.42. The van der Waals surface area contributed by atoms with Crippen molar-refractivity contribution in [2.75, 3.05) is 0 Å². The summed E-state index contributed by atoms with van der Waals surface area (Å²) >= 11 is 0. The Hall–Kier alpha value is -1.92. The number of aromatic nitrogens is 1. The predicted octanol–water partition coefficient (Wildman–Crippen LogP) is 3.21. The molecule has 0 aliphatic rings. The first-order valence-corrected chi connectivity index (χ1v) is 6.18. The maximum absolute atomic E-state index is 10.2. The van der Waals surface area contributed by atoms with Crippen LogP contribution in [0.5, 0.6) is 0 Å². The van der Waals surface area contributed by atoms with Crippen LogP contribution in [0.1, 0.15) is 31.4 Å². The number of nitriles is 1. The van der Waals surface area contributed by atoms with Crippen LogP contribution in [0.25, 0.3) is 10.9 Å². The van der Waals surface area contributed by atoms with E-state index in [1.807, 2.05) is 37.3 Å². The van der Waals surface area contributed by atoms with Gasteiger partial charge in [-0.25, -0.2) is 0 Å². The quantitative estimate of drug-likeness (QED) is 0.892. The lowest BCUT2D eigenvalue weighted by Crippen LogP contribution is -2.10. The topological polar surface area (TPSA) is 56.9 Å². The molecule has 0 amide bonds. The first-order chi connectivity index (χ1) is 8.76. The molecule has 1 heterocycles. The van der Waals surface area contributed by atoms with E-state index in [9.17, 15) is 5.11 Å². The molecule has 1 N–H and O–H groups in total. The van der Waals surface area contributed by atoms with Crippen LogP contribution in [-0.2, 0) is 0 Å². The maximum atomic E-state index is 10.2. The van der Waals surface area contributed by atoms with Crippen molar-refractivity contribution in [1.82, 2.24) is 4.98 Å². The average molecular weight is 240 g/mol. The number of pyridine rings is 1. The van der Waals surface area contributed by atoms with Gasteiger partial charge in [0.1, 0.15) is 0 Å². The zero-order chi connectivity index (χ0) is 13.0. The normalized spacial score (nSPS) is 14.1. The molecule has 0 radical (unpaired) electrons. The van der Waals surface area contributed by atoms with Gasteiger partial charge in [-0.2, -0.15) is 5.26 Å². The smallest absolute Gasteiger partial charge is 0.0948 e. The molecule has 0 saturated carbocycles. The fraction of sp³-hybridized carbons (Fsp3) is 0.333. The molecule has 0 saturated heterocycles. The third kappa shape index (κ3) is 2.49. The highest BCUT2D eigenvalue weighted by molar-refractivity contribution is 5.79. The molecule has 0 aliphatic heterocycles. The third-order valence-electron chi connectivity index (χ3n) is 3.12. The summed E-state index contributed by atoms with van der Waals surface area (Å²) in [4.78, 5) is 4.24. The number of fused-ring (bicyclic) bond motifs is 1. The van der Waals surface area contributed by atoms with Gasteiger partial charge >= 0.3 is 0 Å². The summed E-state index contributed by atoms with van der Waals surface area (Å²) in [5.41, 5.74) is 1.69. The van der Waals surface area contributed by atoms with E-state index >= 15 is 0 Å².